The Balaban J connectivity index is 0.0000000830. The van der Waals surface area contributed by atoms with Gasteiger partial charge < -0.3 is 8.83 Å². The molecule has 0 N–H and O–H groups in total. The molecule has 26 rings (SSSR count). The lowest BCUT2D eigenvalue weighted by molar-refractivity contribution is -0.652. The van der Waals surface area contributed by atoms with Gasteiger partial charge in [-0.1, -0.05) is 74.9 Å². The molecular formula is C78H51N18O2S5+5. The zero-order chi connectivity index (χ0) is 70.2. The van der Waals surface area contributed by atoms with Crippen molar-refractivity contribution < 1.29 is 35.8 Å². The van der Waals surface area contributed by atoms with Crippen LogP contribution in [0.5, 0.6) is 0 Å². The maximum Gasteiger partial charge on any atom is 0.393 e. The first kappa shape index (κ1) is 55.6. The summed E-state index contributed by atoms with van der Waals surface area (Å²) in [4.78, 5) is 43.5. The third-order valence-corrected chi connectivity index (χ3v) is 26.2. The van der Waals surface area contributed by atoms with E-state index in [1.807, 2.05) is 155 Å². The van der Waals surface area contributed by atoms with E-state index in [-0.39, 0.29) is 0 Å². The van der Waals surface area contributed by atoms with Crippen molar-refractivity contribution in [3.8, 4) is 59.4 Å². The minimum Gasteiger partial charge on any atom is -0.413 e. The second-order valence-electron chi connectivity index (χ2n) is 25.5. The maximum atomic E-state index is 7.92. The van der Waals surface area contributed by atoms with Gasteiger partial charge in [0.2, 0.25) is 5.58 Å². The number of benzene rings is 1. The number of aryl methyl sites for hydroxylation is 2. The Bertz CT molecular complexity index is 7100. The summed E-state index contributed by atoms with van der Waals surface area (Å²) in [7, 11) is 2.12. The predicted molar refractivity (Wildman–Crippen MR) is 400 cm³/mol. The van der Waals surface area contributed by atoms with E-state index in [0.29, 0.717) is 29.2 Å². The van der Waals surface area contributed by atoms with Crippen molar-refractivity contribution in [3.63, 3.8) is 0 Å². The molecule has 0 saturated heterocycles. The summed E-state index contributed by atoms with van der Waals surface area (Å²) in [5.41, 5.74) is 21.9. The van der Waals surface area contributed by atoms with Crippen LogP contribution in [0.15, 0.2) is 224 Å². The smallest absolute Gasteiger partial charge is 0.393 e. The van der Waals surface area contributed by atoms with Crippen LogP contribution in [0.25, 0.3) is 165 Å². The lowest BCUT2D eigenvalue weighted by Gasteiger charge is -2.00. The highest BCUT2D eigenvalue weighted by atomic mass is 32.1. The first-order valence-electron chi connectivity index (χ1n) is 34.6. The van der Waals surface area contributed by atoms with Gasteiger partial charge in [0, 0.05) is 143 Å². The fraction of sp³-hybridized carbons (Fsp3) is 0.0897. The lowest BCUT2D eigenvalue weighted by atomic mass is 10.2. The largest absolute Gasteiger partial charge is 0.413 e. The molecule has 21 aromatic rings. The van der Waals surface area contributed by atoms with E-state index in [2.05, 4.69) is 157 Å². The van der Waals surface area contributed by atoms with Crippen LogP contribution in [0, 0.1) is 0 Å². The summed E-state index contributed by atoms with van der Waals surface area (Å²) in [6.07, 6.45) is 37.1. The van der Waals surface area contributed by atoms with Crippen LogP contribution in [0.4, 0.5) is 0 Å². The number of fused-ring (bicyclic) bond motifs is 35. The minimum absolute atomic E-state index is 0.547. The number of hydrogen-bond donors (Lipinski definition) is 0. The number of furan rings is 1. The maximum absolute atomic E-state index is 7.92. The molecule has 25 heterocycles. The lowest BCUT2D eigenvalue weighted by Crippen LogP contribution is -2.32. The molecule has 0 amide bonds. The monoisotopic (exact) mass is 1430 g/mol. The topological polar surface area (TPSA) is 189 Å². The Morgan fingerprint density at radius 2 is 0.825 bits per heavy atom. The summed E-state index contributed by atoms with van der Waals surface area (Å²) < 4.78 is 59.6. The van der Waals surface area contributed by atoms with Crippen molar-refractivity contribution in [3.05, 3.63) is 243 Å². The molecule has 0 aliphatic carbocycles. The Hall–Kier alpha value is -12.1. The zero-order valence-electron chi connectivity index (χ0n) is 57.2. The SMILES string of the molecule is Cn1c2cnccc2c2sc3[n+](c21)Cc1cnccc1-3.[2H]C([2H])([2H])n1c2cnccc2c2oc3[n+](c21)Cc1cnccc1-3.c1cc2c(cn1)C[n+]1c-2sc2c3ccncc3oc21.c1cc2c(cn1)C[n+]1c-2sc2c3ccncc3sc21.c1ccc(-n2c3cnccc3c3sc4[n+](c32)Cc2cnccc2-4)cc1. The van der Waals surface area contributed by atoms with Gasteiger partial charge >= 0.3 is 22.7 Å². The molecule has 0 radical (unpaired) electrons. The quantitative estimate of drug-likeness (QED) is 0.142. The van der Waals surface area contributed by atoms with Gasteiger partial charge in [-0.05, 0) is 72.8 Å². The molecule has 490 valence electrons. The molecule has 0 saturated carbocycles. The molecule has 0 bridgehead atoms. The summed E-state index contributed by atoms with van der Waals surface area (Å²) in [5.74, 6) is 0.670. The molecule has 20 nitrogen and oxygen atoms in total. The van der Waals surface area contributed by atoms with E-state index in [9.17, 15) is 0 Å². The van der Waals surface area contributed by atoms with Gasteiger partial charge in [0.05, 0.1) is 86.0 Å². The molecule has 5 aliphatic rings. The summed E-state index contributed by atoms with van der Waals surface area (Å²) in [5, 5.41) is 11.0. The van der Waals surface area contributed by atoms with Gasteiger partial charge in [-0.15, -0.1) is 4.57 Å². The van der Waals surface area contributed by atoms with Crippen LogP contribution in [-0.2, 0) is 46.7 Å². The van der Waals surface area contributed by atoms with Crippen molar-refractivity contribution in [2.45, 2.75) is 32.7 Å². The van der Waals surface area contributed by atoms with Gasteiger partial charge in [-0.2, -0.15) is 13.7 Å². The number of para-hydroxylation sites is 1. The average molecular weight is 1440 g/mol. The van der Waals surface area contributed by atoms with Crippen LogP contribution in [-0.4, -0.2) is 63.5 Å². The van der Waals surface area contributed by atoms with Crippen LogP contribution in [0.2, 0.25) is 0 Å². The number of aromatic nitrogens is 18. The Morgan fingerprint density at radius 1 is 0.369 bits per heavy atom. The second-order valence-corrected chi connectivity index (χ2v) is 30.6. The number of hydrogen-bond acceptors (Lipinski definition) is 17. The second kappa shape index (κ2) is 22.7. The van der Waals surface area contributed by atoms with Crippen LogP contribution >= 0.6 is 56.7 Å². The van der Waals surface area contributed by atoms with Crippen LogP contribution in [0.3, 0.4) is 0 Å². The molecule has 1 aromatic carbocycles. The van der Waals surface area contributed by atoms with Gasteiger partial charge in [0.1, 0.15) is 39.4 Å². The molecule has 0 fully saturated rings. The highest BCUT2D eigenvalue weighted by Crippen LogP contribution is 2.46. The van der Waals surface area contributed by atoms with Crippen LogP contribution < -0.4 is 22.8 Å². The number of rotatable bonds is 1. The van der Waals surface area contributed by atoms with E-state index in [4.69, 9.17) is 12.9 Å². The zero-order valence-corrected chi connectivity index (χ0v) is 58.2. The fourth-order valence-corrected chi connectivity index (χ4v) is 22.0. The number of oxazole rings is 1. The van der Waals surface area contributed by atoms with E-state index in [1.165, 1.54) is 130 Å². The van der Waals surface area contributed by atoms with Crippen molar-refractivity contribution in [1.82, 2.24) is 63.5 Å². The fourth-order valence-electron chi connectivity index (χ4n) is 15.4. The molecule has 0 atom stereocenters. The molecule has 0 spiro atoms. The van der Waals surface area contributed by atoms with Crippen molar-refractivity contribution in [2.24, 2.45) is 14.0 Å². The average Bonchev–Trinajstić information content (AvgIpc) is 1.55. The van der Waals surface area contributed by atoms with Gasteiger partial charge in [0.25, 0.3) is 20.7 Å². The summed E-state index contributed by atoms with van der Waals surface area (Å²) in [6.45, 7) is 1.79. The number of nitrogens with zero attached hydrogens (tertiary/aromatic N) is 18. The number of thiazole rings is 4. The van der Waals surface area contributed by atoms with E-state index in [1.54, 1.807) is 48.4 Å². The van der Waals surface area contributed by atoms with Crippen molar-refractivity contribution in [1.29, 1.82) is 0 Å². The molecule has 103 heavy (non-hydrogen) atoms. The Kier molecular flexibility index (Phi) is 12.3. The van der Waals surface area contributed by atoms with Gasteiger partial charge in [0.15, 0.2) is 49.9 Å². The minimum atomic E-state index is -2.32. The molecule has 0 unspecified atom stereocenters. The molecule has 5 aliphatic heterocycles. The number of thiophene rings is 1. The first-order chi connectivity index (χ1) is 52.1. The third-order valence-electron chi connectivity index (χ3n) is 20.0. The summed E-state index contributed by atoms with van der Waals surface area (Å²) in [6, 6.07) is 31.0. The van der Waals surface area contributed by atoms with Crippen molar-refractivity contribution >= 4 is 162 Å². The standard InChI is InChI=1S/C20H13N4S.C15H11N4O.C15H11N4S.C14H8N3OS.C14H8N3S2/c1-2-4-14(5-3-1)24-17-11-22-9-7-16(17)18-19(24)23-12-13-10-21-8-6-15(13)20(23)25-18;2*1-18-12-7-17-5-3-11(12)13-14(18)19-8-9-6-16-4-2-10(9)15(19)20-13;1-3-15-5-8-7-17-13-12(19-14(17)9(1)8)10-2-4-16-6-11(10)18-13;1-3-15-5-8-7-17-13(9(1)8)19-12-10-2-4-16-6-11(10)18-14(12)17/h1-11H,12H2;2*2-7H,8H2,1H3;2*1-6H,7H2/q5*+1/i;1D3;;;. The molecule has 20 aromatic heterocycles. The van der Waals surface area contributed by atoms with E-state index >= 15 is 0 Å². The number of pyridine rings is 10. The molecule has 25 heteroatoms. The van der Waals surface area contributed by atoms with E-state index in [0.717, 1.165) is 70.6 Å². The van der Waals surface area contributed by atoms with Gasteiger partial charge in [-0.3, -0.25) is 49.8 Å². The molecular weight excluding hydrogens is 1380 g/mol. The third kappa shape index (κ3) is 8.73. The van der Waals surface area contributed by atoms with E-state index < -0.39 is 6.98 Å². The predicted octanol–water partition coefficient (Wildman–Crippen LogP) is 14.5. The van der Waals surface area contributed by atoms with Crippen LogP contribution in [0.1, 0.15) is 31.9 Å². The normalized spacial score (nSPS) is 13.5. The summed E-state index contributed by atoms with van der Waals surface area (Å²) >= 11 is 9.22. The first-order valence-corrected chi connectivity index (χ1v) is 37.2. The Morgan fingerprint density at radius 3 is 1.48 bits per heavy atom. The Labute approximate surface area is 606 Å². The highest BCUT2D eigenvalue weighted by Gasteiger charge is 2.40. The van der Waals surface area contributed by atoms with Gasteiger partial charge in [-0.25, -0.2) is 18.3 Å². The highest BCUT2D eigenvalue weighted by molar-refractivity contribution is 7.32. The van der Waals surface area contributed by atoms with Crippen molar-refractivity contribution in [2.75, 3.05) is 0 Å².